The van der Waals surface area contributed by atoms with E-state index in [0.717, 1.165) is 30.7 Å². The van der Waals surface area contributed by atoms with Crippen LogP contribution in [0.3, 0.4) is 0 Å². The van der Waals surface area contributed by atoms with Gasteiger partial charge in [0.2, 0.25) is 0 Å². The summed E-state index contributed by atoms with van der Waals surface area (Å²) in [6.45, 7) is 4.74. The number of ether oxygens (including phenoxy) is 1. The zero-order valence-electron chi connectivity index (χ0n) is 17.0. The maximum atomic E-state index is 12.6. The van der Waals surface area contributed by atoms with E-state index in [1.54, 1.807) is 12.4 Å². The van der Waals surface area contributed by atoms with Crippen molar-refractivity contribution in [2.45, 2.75) is 26.3 Å². The number of nitrogens with zero attached hydrogens (tertiary/aromatic N) is 3. The molecule has 2 aromatic heterocycles. The Morgan fingerprint density at radius 1 is 1.27 bits per heavy atom. The number of pyridine rings is 1. The van der Waals surface area contributed by atoms with Gasteiger partial charge in [-0.2, -0.15) is 5.10 Å². The summed E-state index contributed by atoms with van der Waals surface area (Å²) in [4.78, 5) is 21.1. The van der Waals surface area contributed by atoms with Crippen LogP contribution in [0.4, 0.5) is 5.69 Å². The predicted molar refractivity (Wildman–Crippen MR) is 114 cm³/mol. The van der Waals surface area contributed by atoms with Gasteiger partial charge in [0.15, 0.2) is 5.82 Å². The van der Waals surface area contributed by atoms with Crippen molar-refractivity contribution in [3.8, 4) is 11.4 Å². The number of amides is 1. The van der Waals surface area contributed by atoms with Gasteiger partial charge in [-0.3, -0.25) is 14.9 Å². The van der Waals surface area contributed by atoms with Gasteiger partial charge in [-0.15, -0.1) is 0 Å². The van der Waals surface area contributed by atoms with Gasteiger partial charge < -0.3 is 15.4 Å². The van der Waals surface area contributed by atoms with Crippen molar-refractivity contribution in [1.29, 1.82) is 0 Å². The summed E-state index contributed by atoms with van der Waals surface area (Å²) >= 11 is 0. The SMILES string of the molecule is CC1(CNC(=O)c2cccc(NCc3nc(-c4ccncc4)n[nH]3)c2)CCCOC1. The van der Waals surface area contributed by atoms with Crippen LogP contribution < -0.4 is 10.6 Å². The molecule has 30 heavy (non-hydrogen) atoms. The molecule has 1 saturated heterocycles. The lowest BCUT2D eigenvalue weighted by Gasteiger charge is -2.33. The first-order chi connectivity index (χ1) is 14.6. The molecule has 156 valence electrons. The largest absolute Gasteiger partial charge is 0.381 e. The van der Waals surface area contributed by atoms with Crippen LogP contribution >= 0.6 is 0 Å². The van der Waals surface area contributed by atoms with E-state index in [4.69, 9.17) is 4.74 Å². The van der Waals surface area contributed by atoms with Crippen molar-refractivity contribution in [2.24, 2.45) is 5.41 Å². The molecule has 8 heteroatoms. The quantitative estimate of drug-likeness (QED) is 0.557. The van der Waals surface area contributed by atoms with Crippen LogP contribution in [0.25, 0.3) is 11.4 Å². The summed E-state index contributed by atoms with van der Waals surface area (Å²) in [5.41, 5.74) is 2.37. The van der Waals surface area contributed by atoms with E-state index in [0.29, 0.717) is 36.9 Å². The molecule has 1 fully saturated rings. The Morgan fingerprint density at radius 2 is 2.13 bits per heavy atom. The molecule has 0 saturated carbocycles. The van der Waals surface area contributed by atoms with E-state index < -0.39 is 0 Å². The Kier molecular flexibility index (Phi) is 6.04. The molecule has 1 aliphatic heterocycles. The summed E-state index contributed by atoms with van der Waals surface area (Å²) in [6, 6.07) is 11.2. The molecule has 3 aromatic rings. The number of anilines is 1. The first-order valence-electron chi connectivity index (χ1n) is 10.1. The first kappa shape index (κ1) is 20.0. The van der Waals surface area contributed by atoms with E-state index in [2.05, 4.69) is 37.7 Å². The fourth-order valence-corrected chi connectivity index (χ4v) is 3.49. The van der Waals surface area contributed by atoms with Crippen LogP contribution in [0.1, 0.15) is 35.9 Å². The van der Waals surface area contributed by atoms with Crippen LogP contribution in [-0.2, 0) is 11.3 Å². The van der Waals surface area contributed by atoms with E-state index in [9.17, 15) is 4.79 Å². The molecule has 0 radical (unpaired) electrons. The van der Waals surface area contributed by atoms with Crippen molar-refractivity contribution in [3.63, 3.8) is 0 Å². The molecule has 1 aliphatic rings. The average Bonchev–Trinajstić information content (AvgIpc) is 3.27. The van der Waals surface area contributed by atoms with E-state index in [-0.39, 0.29) is 11.3 Å². The molecule has 0 aliphatic carbocycles. The summed E-state index contributed by atoms with van der Waals surface area (Å²) in [7, 11) is 0. The number of rotatable bonds is 7. The third kappa shape index (κ3) is 5.01. The van der Waals surface area contributed by atoms with Gasteiger partial charge in [-0.1, -0.05) is 13.0 Å². The van der Waals surface area contributed by atoms with E-state index in [1.165, 1.54) is 0 Å². The Hall–Kier alpha value is -3.26. The van der Waals surface area contributed by atoms with Gasteiger partial charge >= 0.3 is 0 Å². The molecule has 3 N–H and O–H groups in total. The Balaban J connectivity index is 1.33. The van der Waals surface area contributed by atoms with Crippen LogP contribution in [0.15, 0.2) is 48.8 Å². The first-order valence-corrected chi connectivity index (χ1v) is 10.1. The summed E-state index contributed by atoms with van der Waals surface area (Å²) in [5, 5.41) is 13.5. The third-order valence-corrected chi connectivity index (χ3v) is 5.25. The summed E-state index contributed by atoms with van der Waals surface area (Å²) < 4.78 is 5.57. The number of hydrogen-bond acceptors (Lipinski definition) is 6. The normalized spacial score (nSPS) is 18.7. The minimum Gasteiger partial charge on any atom is -0.381 e. The minimum atomic E-state index is -0.0786. The van der Waals surface area contributed by atoms with Crippen LogP contribution in [0, 0.1) is 5.41 Å². The molecule has 1 aromatic carbocycles. The second-order valence-corrected chi connectivity index (χ2v) is 7.93. The van der Waals surface area contributed by atoms with E-state index in [1.807, 2.05) is 36.4 Å². The lowest BCUT2D eigenvalue weighted by molar-refractivity contribution is 0.00347. The van der Waals surface area contributed by atoms with Crippen molar-refractivity contribution in [1.82, 2.24) is 25.5 Å². The molecule has 1 atom stereocenters. The number of benzene rings is 1. The highest BCUT2D eigenvalue weighted by molar-refractivity contribution is 5.95. The molecule has 0 spiro atoms. The van der Waals surface area contributed by atoms with Crippen LogP contribution in [0.2, 0.25) is 0 Å². The van der Waals surface area contributed by atoms with Crippen molar-refractivity contribution in [2.75, 3.05) is 25.1 Å². The Bertz CT molecular complexity index is 982. The number of aromatic amines is 1. The topological polar surface area (TPSA) is 105 Å². The van der Waals surface area contributed by atoms with Gasteiger partial charge in [0.25, 0.3) is 5.91 Å². The smallest absolute Gasteiger partial charge is 0.251 e. The van der Waals surface area contributed by atoms with Crippen molar-refractivity contribution < 1.29 is 9.53 Å². The molecule has 1 amide bonds. The number of H-pyrrole nitrogens is 1. The standard InChI is InChI=1S/C22H26N6O2/c1-22(8-3-11-30-15-22)14-25-21(29)17-4-2-5-18(12-17)24-13-19-26-20(28-27-19)16-6-9-23-10-7-16/h2,4-7,9-10,12,24H,3,8,11,13-15H2,1H3,(H,25,29)(H,26,27,28). The minimum absolute atomic E-state index is 0.00256. The van der Waals surface area contributed by atoms with Gasteiger partial charge in [0.1, 0.15) is 5.82 Å². The highest BCUT2D eigenvalue weighted by atomic mass is 16.5. The molecule has 0 bridgehead atoms. The van der Waals surface area contributed by atoms with Crippen molar-refractivity contribution >= 4 is 11.6 Å². The zero-order chi connectivity index (χ0) is 20.8. The zero-order valence-corrected chi connectivity index (χ0v) is 17.0. The fraction of sp³-hybridized carbons (Fsp3) is 0.364. The maximum absolute atomic E-state index is 12.6. The summed E-state index contributed by atoms with van der Waals surface area (Å²) in [5.74, 6) is 1.26. The number of carbonyl (C=O) groups excluding carboxylic acids is 1. The Morgan fingerprint density at radius 3 is 2.93 bits per heavy atom. The van der Waals surface area contributed by atoms with E-state index >= 15 is 0 Å². The monoisotopic (exact) mass is 406 g/mol. The molecular weight excluding hydrogens is 380 g/mol. The van der Waals surface area contributed by atoms with Gasteiger partial charge in [0, 0.05) is 47.8 Å². The lowest BCUT2D eigenvalue weighted by Crippen LogP contribution is -2.40. The Labute approximate surface area is 175 Å². The van der Waals surface area contributed by atoms with Gasteiger partial charge in [-0.05, 0) is 43.2 Å². The molecule has 8 nitrogen and oxygen atoms in total. The fourth-order valence-electron chi connectivity index (χ4n) is 3.49. The molecule has 1 unspecified atom stereocenters. The molecule has 3 heterocycles. The second-order valence-electron chi connectivity index (χ2n) is 7.93. The second kappa shape index (κ2) is 9.04. The molecule has 4 rings (SSSR count). The van der Waals surface area contributed by atoms with Gasteiger partial charge in [-0.25, -0.2) is 4.98 Å². The van der Waals surface area contributed by atoms with Crippen LogP contribution in [-0.4, -0.2) is 45.8 Å². The van der Waals surface area contributed by atoms with Crippen molar-refractivity contribution in [3.05, 3.63) is 60.2 Å². The lowest BCUT2D eigenvalue weighted by atomic mass is 9.85. The number of carbonyl (C=O) groups is 1. The van der Waals surface area contributed by atoms with Crippen LogP contribution in [0.5, 0.6) is 0 Å². The highest BCUT2D eigenvalue weighted by Gasteiger charge is 2.28. The average molecular weight is 406 g/mol. The number of hydrogen-bond donors (Lipinski definition) is 3. The highest BCUT2D eigenvalue weighted by Crippen LogP contribution is 2.27. The maximum Gasteiger partial charge on any atom is 0.251 e. The number of aromatic nitrogens is 4. The predicted octanol–water partition coefficient (Wildman–Crippen LogP) is 3.03. The number of nitrogens with one attached hydrogen (secondary N) is 3. The van der Waals surface area contributed by atoms with Gasteiger partial charge in [0.05, 0.1) is 13.2 Å². The summed E-state index contributed by atoms with van der Waals surface area (Å²) in [6.07, 6.45) is 5.52. The third-order valence-electron chi connectivity index (χ3n) is 5.25. The molecular formula is C22H26N6O2.